The Morgan fingerprint density at radius 1 is 1.23 bits per heavy atom. The van der Waals surface area contributed by atoms with Crippen LogP contribution in [0.1, 0.15) is 32.1 Å². The van der Waals surface area contributed by atoms with Crippen molar-refractivity contribution < 1.29 is 14.7 Å². The first-order valence-electron chi connectivity index (χ1n) is 4.60. The molecule has 1 saturated carbocycles. The Balaban J connectivity index is 2.71. The predicted molar refractivity (Wildman–Crippen MR) is 47.1 cm³/mol. The quantitative estimate of drug-likeness (QED) is 0.606. The highest BCUT2D eigenvalue weighted by Gasteiger charge is 2.38. The fourth-order valence-electron chi connectivity index (χ4n) is 1.96. The van der Waals surface area contributed by atoms with Gasteiger partial charge >= 0.3 is 0 Å². The van der Waals surface area contributed by atoms with E-state index in [0.29, 0.717) is 25.5 Å². The molecule has 0 aromatic heterocycles. The number of hydrogen-bond acceptors (Lipinski definition) is 3. The van der Waals surface area contributed by atoms with E-state index in [9.17, 15) is 14.7 Å². The van der Waals surface area contributed by atoms with Gasteiger partial charge < -0.3 is 15.2 Å². The highest BCUT2D eigenvalue weighted by Crippen LogP contribution is 2.30. The number of aliphatic hydroxyl groups excluding tert-OH is 1. The van der Waals surface area contributed by atoms with Crippen LogP contribution in [0, 0.1) is 0 Å². The summed E-state index contributed by atoms with van der Waals surface area (Å²) >= 11 is 0. The fraction of sp³-hybridized carbons (Fsp3) is 0.778. The molecule has 4 nitrogen and oxygen atoms in total. The van der Waals surface area contributed by atoms with Crippen molar-refractivity contribution in [2.45, 2.75) is 43.7 Å². The van der Waals surface area contributed by atoms with Crippen molar-refractivity contribution in [1.29, 1.82) is 0 Å². The van der Waals surface area contributed by atoms with Crippen molar-refractivity contribution >= 4 is 12.7 Å². The molecule has 1 unspecified atom stereocenters. The van der Waals surface area contributed by atoms with Gasteiger partial charge in [-0.25, -0.2) is 0 Å². The van der Waals surface area contributed by atoms with Crippen LogP contribution in [0.2, 0.25) is 0 Å². The van der Waals surface area contributed by atoms with Gasteiger partial charge in [0.2, 0.25) is 6.41 Å². The molecule has 1 atom stereocenters. The first kappa shape index (κ1) is 10.2. The van der Waals surface area contributed by atoms with Crippen LogP contribution in [0.15, 0.2) is 0 Å². The Kier molecular flexibility index (Phi) is 3.42. The lowest BCUT2D eigenvalue weighted by atomic mass is 9.78. The van der Waals surface area contributed by atoms with E-state index < -0.39 is 11.6 Å². The van der Waals surface area contributed by atoms with Crippen LogP contribution >= 0.6 is 0 Å². The van der Waals surface area contributed by atoms with E-state index in [1.54, 1.807) is 0 Å². The lowest BCUT2D eigenvalue weighted by Gasteiger charge is -2.38. The molecule has 0 saturated heterocycles. The summed E-state index contributed by atoms with van der Waals surface area (Å²) in [4.78, 5) is 20.8. The molecule has 13 heavy (non-hydrogen) atoms. The van der Waals surface area contributed by atoms with Crippen LogP contribution in [0.5, 0.6) is 0 Å². The van der Waals surface area contributed by atoms with Crippen molar-refractivity contribution in [2.24, 2.45) is 0 Å². The third-order valence-corrected chi connectivity index (χ3v) is 2.79. The third-order valence-electron chi connectivity index (χ3n) is 2.79. The van der Waals surface area contributed by atoms with E-state index in [1.165, 1.54) is 0 Å². The molecule has 0 heterocycles. The van der Waals surface area contributed by atoms with Crippen molar-refractivity contribution in [3.8, 4) is 0 Å². The molecule has 1 amide bonds. The Morgan fingerprint density at radius 3 is 2.31 bits per heavy atom. The Hall–Kier alpha value is -0.900. The van der Waals surface area contributed by atoms with Crippen molar-refractivity contribution in [3.05, 3.63) is 0 Å². The number of rotatable bonds is 4. The van der Waals surface area contributed by atoms with Gasteiger partial charge in [-0.1, -0.05) is 19.3 Å². The largest absolute Gasteiger partial charge is 0.383 e. The highest BCUT2D eigenvalue weighted by molar-refractivity contribution is 5.61. The number of amides is 1. The highest BCUT2D eigenvalue weighted by atomic mass is 16.3. The van der Waals surface area contributed by atoms with Crippen LogP contribution in [0.3, 0.4) is 0 Å². The SMILES string of the molecule is O=CNC1(C(O)C=O)CCCCC1. The normalized spacial score (nSPS) is 23.2. The number of carbonyl (C=O) groups is 2. The summed E-state index contributed by atoms with van der Waals surface area (Å²) < 4.78 is 0. The van der Waals surface area contributed by atoms with Gasteiger partial charge in [-0.3, -0.25) is 4.79 Å². The van der Waals surface area contributed by atoms with Gasteiger partial charge in [-0.2, -0.15) is 0 Å². The maximum atomic E-state index is 10.5. The Morgan fingerprint density at radius 2 is 1.85 bits per heavy atom. The zero-order chi connectivity index (χ0) is 9.73. The minimum absolute atomic E-state index is 0.502. The van der Waals surface area contributed by atoms with Crippen molar-refractivity contribution in [2.75, 3.05) is 0 Å². The van der Waals surface area contributed by atoms with E-state index >= 15 is 0 Å². The zero-order valence-corrected chi connectivity index (χ0v) is 7.53. The molecule has 74 valence electrons. The Labute approximate surface area is 77.3 Å². The average Bonchev–Trinajstić information content (AvgIpc) is 2.18. The molecule has 4 heteroatoms. The number of hydrogen-bond donors (Lipinski definition) is 2. The second-order valence-corrected chi connectivity index (χ2v) is 3.56. The second kappa shape index (κ2) is 4.37. The minimum Gasteiger partial charge on any atom is -0.383 e. The second-order valence-electron chi connectivity index (χ2n) is 3.56. The summed E-state index contributed by atoms with van der Waals surface area (Å²) in [6.07, 6.45) is 4.38. The smallest absolute Gasteiger partial charge is 0.207 e. The van der Waals surface area contributed by atoms with E-state index in [4.69, 9.17) is 0 Å². The molecular weight excluding hydrogens is 170 g/mol. The first-order valence-corrected chi connectivity index (χ1v) is 4.60. The summed E-state index contributed by atoms with van der Waals surface area (Å²) in [7, 11) is 0. The number of aldehydes is 1. The first-order chi connectivity index (χ1) is 6.25. The van der Waals surface area contributed by atoms with Gasteiger partial charge in [0.1, 0.15) is 6.10 Å². The van der Waals surface area contributed by atoms with Crippen LogP contribution in [0.25, 0.3) is 0 Å². The van der Waals surface area contributed by atoms with Crippen LogP contribution < -0.4 is 5.32 Å². The van der Waals surface area contributed by atoms with Crippen LogP contribution in [-0.2, 0) is 9.59 Å². The van der Waals surface area contributed by atoms with Crippen molar-refractivity contribution in [3.63, 3.8) is 0 Å². The average molecular weight is 185 g/mol. The molecule has 0 aromatic carbocycles. The van der Waals surface area contributed by atoms with Gasteiger partial charge in [-0.15, -0.1) is 0 Å². The molecule has 0 radical (unpaired) electrons. The molecule has 0 bridgehead atoms. The molecule has 1 rings (SSSR count). The molecule has 1 fully saturated rings. The van der Waals surface area contributed by atoms with Crippen molar-refractivity contribution in [1.82, 2.24) is 5.32 Å². The van der Waals surface area contributed by atoms with E-state index in [2.05, 4.69) is 5.32 Å². The number of nitrogens with one attached hydrogen (secondary N) is 1. The molecule has 0 spiro atoms. The molecule has 2 N–H and O–H groups in total. The lowest BCUT2D eigenvalue weighted by Crippen LogP contribution is -2.55. The fourth-order valence-corrected chi connectivity index (χ4v) is 1.96. The van der Waals surface area contributed by atoms with E-state index in [1.807, 2.05) is 0 Å². The Bertz CT molecular complexity index is 187. The number of carbonyl (C=O) groups excluding carboxylic acids is 2. The van der Waals surface area contributed by atoms with Crippen LogP contribution in [0.4, 0.5) is 0 Å². The number of aliphatic hydroxyl groups is 1. The minimum atomic E-state index is -1.07. The topological polar surface area (TPSA) is 66.4 Å². The molecule has 1 aliphatic carbocycles. The van der Waals surface area contributed by atoms with Gasteiger partial charge in [0, 0.05) is 0 Å². The maximum absolute atomic E-state index is 10.5. The molecular formula is C9H15NO3. The molecule has 1 aliphatic rings. The van der Waals surface area contributed by atoms with Gasteiger partial charge in [-0.05, 0) is 12.8 Å². The van der Waals surface area contributed by atoms with Gasteiger partial charge in [0.25, 0.3) is 0 Å². The zero-order valence-electron chi connectivity index (χ0n) is 7.53. The maximum Gasteiger partial charge on any atom is 0.207 e. The van der Waals surface area contributed by atoms with Gasteiger partial charge in [0.05, 0.1) is 5.54 Å². The third kappa shape index (κ3) is 2.06. The summed E-state index contributed by atoms with van der Waals surface area (Å²) in [6.45, 7) is 0. The lowest BCUT2D eigenvalue weighted by molar-refractivity contribution is -0.122. The summed E-state index contributed by atoms with van der Waals surface area (Å²) in [5.74, 6) is 0. The van der Waals surface area contributed by atoms with E-state index in [-0.39, 0.29) is 0 Å². The summed E-state index contributed by atoms with van der Waals surface area (Å²) in [5.41, 5.74) is -0.693. The predicted octanol–water partition coefficient (Wildman–Crippen LogP) is -0.00490. The molecule has 0 aromatic rings. The summed E-state index contributed by atoms with van der Waals surface area (Å²) in [6, 6.07) is 0. The van der Waals surface area contributed by atoms with Crippen LogP contribution in [-0.4, -0.2) is 29.4 Å². The monoisotopic (exact) mass is 185 g/mol. The standard InChI is InChI=1S/C9H15NO3/c11-6-8(13)9(10-7-12)4-2-1-3-5-9/h6-8,13H,1-5H2,(H,10,12). The molecule has 0 aliphatic heterocycles. The van der Waals surface area contributed by atoms with Gasteiger partial charge in [0.15, 0.2) is 6.29 Å². The summed E-state index contributed by atoms with van der Waals surface area (Å²) in [5, 5.41) is 12.1. The van der Waals surface area contributed by atoms with E-state index in [0.717, 1.165) is 19.3 Å².